The molecule has 2 aromatic carbocycles. The summed E-state index contributed by atoms with van der Waals surface area (Å²) < 4.78 is 56.6. The highest BCUT2D eigenvalue weighted by Gasteiger charge is 2.33. The molecule has 0 aliphatic carbocycles. The van der Waals surface area contributed by atoms with Crippen LogP contribution in [0.3, 0.4) is 0 Å². The van der Waals surface area contributed by atoms with Crippen LogP contribution >= 0.6 is 12.2 Å². The second kappa shape index (κ2) is 10.2. The van der Waals surface area contributed by atoms with E-state index in [1.165, 1.54) is 18.2 Å². The molecule has 1 N–H and O–H groups in total. The first-order chi connectivity index (χ1) is 14.8. The van der Waals surface area contributed by atoms with Crippen molar-refractivity contribution in [3.63, 3.8) is 0 Å². The monoisotopic (exact) mass is 454 g/mol. The van der Waals surface area contributed by atoms with Gasteiger partial charge in [-0.1, -0.05) is 12.1 Å². The minimum absolute atomic E-state index is 0.0400. The van der Waals surface area contributed by atoms with Gasteiger partial charge in [0.1, 0.15) is 11.5 Å². The molecular weight excluding hydrogens is 429 g/mol. The molecule has 0 radical (unpaired) electrons. The maximum Gasteiger partial charge on any atom is 0.418 e. The molecule has 0 saturated carbocycles. The van der Waals surface area contributed by atoms with Gasteiger partial charge >= 0.3 is 6.18 Å². The summed E-state index contributed by atoms with van der Waals surface area (Å²) in [4.78, 5) is 1.81. The predicted octanol–water partition coefficient (Wildman–Crippen LogP) is 5.10. The highest BCUT2D eigenvalue weighted by molar-refractivity contribution is 7.80. The average molecular weight is 455 g/mol. The zero-order chi connectivity index (χ0) is 22.4. The number of thiocarbonyl (C=S) groups is 1. The molecule has 1 aliphatic rings. The molecule has 9 heteroatoms. The Hall–Kier alpha value is -2.52. The Kier molecular flexibility index (Phi) is 7.61. The normalized spacial score (nSPS) is 16.1. The van der Waals surface area contributed by atoms with E-state index in [1.54, 1.807) is 26.4 Å². The maximum atomic E-state index is 13.4. The molecule has 0 bridgehead atoms. The van der Waals surface area contributed by atoms with Gasteiger partial charge in [0.05, 0.1) is 31.6 Å². The van der Waals surface area contributed by atoms with Crippen LogP contribution in [0.25, 0.3) is 0 Å². The molecule has 1 unspecified atom stereocenters. The van der Waals surface area contributed by atoms with Gasteiger partial charge in [-0.25, -0.2) is 0 Å². The highest BCUT2D eigenvalue weighted by Crippen LogP contribution is 2.35. The standard InChI is InChI=1S/C22H25F3N2O3S/c1-28-16-10-9-15(20(12-16)29-2)13-27(14-17-6-5-11-30-17)21(31)26-19-8-4-3-7-18(19)22(23,24)25/h3-4,7-10,12,17H,5-6,11,13-14H2,1-2H3,(H,26,31). The van der Waals surface area contributed by atoms with Crippen molar-refractivity contribution in [1.82, 2.24) is 4.90 Å². The van der Waals surface area contributed by atoms with Gasteiger partial charge in [-0.05, 0) is 49.3 Å². The summed E-state index contributed by atoms with van der Waals surface area (Å²) >= 11 is 5.53. The number of alkyl halides is 3. The summed E-state index contributed by atoms with van der Waals surface area (Å²) in [6.07, 6.45) is -2.71. The predicted molar refractivity (Wildman–Crippen MR) is 117 cm³/mol. The fraction of sp³-hybridized carbons (Fsp3) is 0.409. The Morgan fingerprint density at radius 1 is 1.19 bits per heavy atom. The van der Waals surface area contributed by atoms with Gasteiger partial charge in [-0.15, -0.1) is 0 Å². The Morgan fingerprint density at radius 3 is 2.61 bits per heavy atom. The molecule has 31 heavy (non-hydrogen) atoms. The first-order valence-electron chi connectivity index (χ1n) is 9.86. The molecule has 1 saturated heterocycles. The zero-order valence-corrected chi connectivity index (χ0v) is 18.2. The molecular formula is C22H25F3N2O3S. The second-order valence-electron chi connectivity index (χ2n) is 7.17. The third-order valence-electron chi connectivity index (χ3n) is 5.06. The number of methoxy groups -OCH3 is 2. The lowest BCUT2D eigenvalue weighted by Gasteiger charge is -2.29. The van der Waals surface area contributed by atoms with Crippen molar-refractivity contribution in [2.24, 2.45) is 0 Å². The van der Waals surface area contributed by atoms with Crippen LogP contribution in [0.5, 0.6) is 11.5 Å². The lowest BCUT2D eigenvalue weighted by molar-refractivity contribution is -0.136. The van der Waals surface area contributed by atoms with E-state index in [1.807, 2.05) is 11.0 Å². The summed E-state index contributed by atoms with van der Waals surface area (Å²) in [5.74, 6) is 1.25. The number of nitrogens with zero attached hydrogens (tertiary/aromatic N) is 1. The van der Waals surface area contributed by atoms with Gasteiger partial charge in [-0.3, -0.25) is 0 Å². The van der Waals surface area contributed by atoms with Crippen LogP contribution in [0, 0.1) is 0 Å². The number of nitrogens with one attached hydrogen (secondary N) is 1. The first-order valence-corrected chi connectivity index (χ1v) is 10.3. The third kappa shape index (κ3) is 6.01. The van der Waals surface area contributed by atoms with E-state index < -0.39 is 11.7 Å². The van der Waals surface area contributed by atoms with Crippen molar-refractivity contribution in [1.29, 1.82) is 0 Å². The number of para-hydroxylation sites is 1. The van der Waals surface area contributed by atoms with E-state index in [2.05, 4.69) is 5.32 Å². The van der Waals surface area contributed by atoms with E-state index in [0.29, 0.717) is 31.2 Å². The van der Waals surface area contributed by atoms with Crippen LogP contribution in [0.1, 0.15) is 24.0 Å². The lowest BCUT2D eigenvalue weighted by Crippen LogP contribution is -2.39. The van der Waals surface area contributed by atoms with Crippen LogP contribution in [0.4, 0.5) is 18.9 Å². The number of hydrogen-bond acceptors (Lipinski definition) is 4. The number of anilines is 1. The van der Waals surface area contributed by atoms with Crippen LogP contribution < -0.4 is 14.8 Å². The number of rotatable bonds is 7. The molecule has 0 spiro atoms. The van der Waals surface area contributed by atoms with E-state index in [4.69, 9.17) is 26.4 Å². The lowest BCUT2D eigenvalue weighted by atomic mass is 10.1. The smallest absolute Gasteiger partial charge is 0.418 e. The van der Waals surface area contributed by atoms with Crippen molar-refractivity contribution >= 4 is 23.0 Å². The largest absolute Gasteiger partial charge is 0.497 e. The molecule has 0 aromatic heterocycles. The first kappa shape index (κ1) is 23.1. The molecule has 2 aromatic rings. The average Bonchev–Trinajstić information content (AvgIpc) is 3.26. The summed E-state index contributed by atoms with van der Waals surface area (Å²) in [6.45, 7) is 1.46. The van der Waals surface area contributed by atoms with Crippen molar-refractivity contribution in [3.05, 3.63) is 53.6 Å². The second-order valence-corrected chi connectivity index (χ2v) is 7.55. The Morgan fingerprint density at radius 2 is 1.97 bits per heavy atom. The summed E-state index contributed by atoms with van der Waals surface area (Å²) in [6, 6.07) is 10.7. The molecule has 1 fully saturated rings. The molecule has 0 amide bonds. The van der Waals surface area contributed by atoms with Crippen molar-refractivity contribution in [2.75, 3.05) is 32.7 Å². The van der Waals surface area contributed by atoms with Crippen molar-refractivity contribution in [2.45, 2.75) is 31.7 Å². The fourth-order valence-electron chi connectivity index (χ4n) is 3.48. The minimum atomic E-state index is -4.49. The van der Waals surface area contributed by atoms with Gasteiger partial charge in [0.25, 0.3) is 0 Å². The molecule has 1 heterocycles. The highest BCUT2D eigenvalue weighted by atomic mass is 32.1. The Labute approximate surface area is 185 Å². The zero-order valence-electron chi connectivity index (χ0n) is 17.4. The quantitative estimate of drug-likeness (QED) is 0.587. The molecule has 3 rings (SSSR count). The van der Waals surface area contributed by atoms with E-state index >= 15 is 0 Å². The molecule has 1 atom stereocenters. The van der Waals surface area contributed by atoms with Crippen molar-refractivity contribution < 1.29 is 27.4 Å². The topological polar surface area (TPSA) is 43.0 Å². The van der Waals surface area contributed by atoms with Gasteiger partial charge in [0, 0.05) is 31.3 Å². The third-order valence-corrected chi connectivity index (χ3v) is 5.43. The summed E-state index contributed by atoms with van der Waals surface area (Å²) in [7, 11) is 3.12. The Balaban J connectivity index is 1.85. The van der Waals surface area contributed by atoms with Crippen LogP contribution in [-0.4, -0.2) is 43.5 Å². The SMILES string of the molecule is COc1ccc(CN(CC2CCCO2)C(=S)Nc2ccccc2C(F)(F)F)c(OC)c1. The van der Waals surface area contributed by atoms with E-state index in [-0.39, 0.29) is 16.9 Å². The van der Waals surface area contributed by atoms with E-state index in [9.17, 15) is 13.2 Å². The van der Waals surface area contributed by atoms with Crippen LogP contribution in [0.15, 0.2) is 42.5 Å². The number of halogens is 3. The van der Waals surface area contributed by atoms with Gasteiger partial charge in [0.15, 0.2) is 5.11 Å². The van der Waals surface area contributed by atoms with Gasteiger partial charge in [-0.2, -0.15) is 13.2 Å². The van der Waals surface area contributed by atoms with Crippen LogP contribution in [0.2, 0.25) is 0 Å². The number of hydrogen-bond donors (Lipinski definition) is 1. The van der Waals surface area contributed by atoms with Crippen LogP contribution in [-0.2, 0) is 17.5 Å². The molecule has 5 nitrogen and oxygen atoms in total. The number of benzene rings is 2. The van der Waals surface area contributed by atoms with Gasteiger partial charge in [0.2, 0.25) is 0 Å². The summed E-state index contributed by atoms with van der Waals surface area (Å²) in [5, 5.41) is 2.97. The Bertz CT molecular complexity index is 902. The minimum Gasteiger partial charge on any atom is -0.497 e. The van der Waals surface area contributed by atoms with Gasteiger partial charge < -0.3 is 24.4 Å². The molecule has 168 valence electrons. The summed E-state index contributed by atoms with van der Waals surface area (Å²) in [5.41, 5.74) is -0.0231. The fourth-order valence-corrected chi connectivity index (χ4v) is 3.72. The maximum absolute atomic E-state index is 13.4. The van der Waals surface area contributed by atoms with Crippen molar-refractivity contribution in [3.8, 4) is 11.5 Å². The van der Waals surface area contributed by atoms with E-state index in [0.717, 1.165) is 24.5 Å². The number of ether oxygens (including phenoxy) is 3. The molecule has 1 aliphatic heterocycles.